The minimum atomic E-state index is -0.786. The Hall–Kier alpha value is -0.680. The number of thioether (sulfide) groups is 1. The molecule has 0 aliphatic heterocycles. The fourth-order valence-corrected chi connectivity index (χ4v) is 2.34. The molecule has 3 nitrogen and oxygen atoms in total. The SMILES string of the molecule is Nc1ccc(Br)cc1SCCC(=O)O. The highest BCUT2D eigenvalue weighted by Gasteiger charge is 2.02. The van der Waals surface area contributed by atoms with E-state index in [1.165, 1.54) is 11.8 Å². The molecule has 1 aromatic rings. The zero-order chi connectivity index (χ0) is 10.6. The first kappa shape index (κ1) is 11.4. The van der Waals surface area contributed by atoms with E-state index >= 15 is 0 Å². The number of aliphatic carboxylic acids is 1. The van der Waals surface area contributed by atoms with Crippen LogP contribution < -0.4 is 5.73 Å². The molecule has 0 bridgehead atoms. The van der Waals surface area contributed by atoms with Gasteiger partial charge < -0.3 is 10.8 Å². The third-order valence-corrected chi connectivity index (χ3v) is 3.12. The van der Waals surface area contributed by atoms with E-state index in [0.717, 1.165) is 9.37 Å². The maximum atomic E-state index is 10.3. The molecule has 0 saturated heterocycles. The van der Waals surface area contributed by atoms with Gasteiger partial charge in [0.05, 0.1) is 6.42 Å². The summed E-state index contributed by atoms with van der Waals surface area (Å²) in [5.74, 6) is -0.248. The molecular formula is C9H10BrNO2S. The monoisotopic (exact) mass is 275 g/mol. The van der Waals surface area contributed by atoms with E-state index in [2.05, 4.69) is 15.9 Å². The first-order chi connectivity index (χ1) is 6.59. The molecule has 0 amide bonds. The van der Waals surface area contributed by atoms with E-state index in [9.17, 15) is 4.79 Å². The molecule has 0 aromatic heterocycles. The van der Waals surface area contributed by atoms with Gasteiger partial charge in [0.2, 0.25) is 0 Å². The molecular weight excluding hydrogens is 266 g/mol. The van der Waals surface area contributed by atoms with E-state index < -0.39 is 5.97 Å². The summed E-state index contributed by atoms with van der Waals surface area (Å²) < 4.78 is 0.949. The van der Waals surface area contributed by atoms with Gasteiger partial charge in [0.1, 0.15) is 0 Å². The second kappa shape index (κ2) is 5.26. The van der Waals surface area contributed by atoms with Gasteiger partial charge in [-0.15, -0.1) is 11.8 Å². The number of nitrogens with two attached hydrogens (primary N) is 1. The molecule has 3 N–H and O–H groups in total. The van der Waals surface area contributed by atoms with Crippen LogP contribution in [-0.4, -0.2) is 16.8 Å². The zero-order valence-electron chi connectivity index (χ0n) is 7.37. The number of halogens is 1. The Labute approximate surface area is 94.8 Å². The number of hydrogen-bond acceptors (Lipinski definition) is 3. The topological polar surface area (TPSA) is 63.3 Å². The summed E-state index contributed by atoms with van der Waals surface area (Å²) in [6.45, 7) is 0. The van der Waals surface area contributed by atoms with Crippen LogP contribution in [0.15, 0.2) is 27.6 Å². The van der Waals surface area contributed by atoms with Crippen molar-refractivity contribution >= 4 is 39.3 Å². The molecule has 0 heterocycles. The number of benzene rings is 1. The average Bonchev–Trinajstić information content (AvgIpc) is 2.10. The molecule has 14 heavy (non-hydrogen) atoms. The number of anilines is 1. The van der Waals surface area contributed by atoms with Gasteiger partial charge in [-0.1, -0.05) is 15.9 Å². The van der Waals surface area contributed by atoms with Crippen molar-refractivity contribution in [3.63, 3.8) is 0 Å². The molecule has 0 fully saturated rings. The predicted octanol–water partition coefficient (Wildman–Crippen LogP) is 2.60. The van der Waals surface area contributed by atoms with E-state index in [-0.39, 0.29) is 6.42 Å². The summed E-state index contributed by atoms with van der Waals surface area (Å²) >= 11 is 4.79. The highest BCUT2D eigenvalue weighted by Crippen LogP contribution is 2.28. The van der Waals surface area contributed by atoms with Gasteiger partial charge >= 0.3 is 5.97 Å². The number of rotatable bonds is 4. The van der Waals surface area contributed by atoms with E-state index in [1.54, 1.807) is 6.07 Å². The highest BCUT2D eigenvalue weighted by molar-refractivity contribution is 9.10. The molecule has 0 spiro atoms. The van der Waals surface area contributed by atoms with E-state index in [0.29, 0.717) is 11.4 Å². The lowest BCUT2D eigenvalue weighted by Gasteiger charge is -2.04. The lowest BCUT2D eigenvalue weighted by atomic mass is 10.3. The number of carboxylic acids is 1. The van der Waals surface area contributed by atoms with Gasteiger partial charge in [-0.25, -0.2) is 0 Å². The number of carboxylic acid groups (broad SMARTS) is 1. The number of carbonyl (C=O) groups is 1. The van der Waals surface area contributed by atoms with Crippen LogP contribution in [0.5, 0.6) is 0 Å². The zero-order valence-corrected chi connectivity index (χ0v) is 9.77. The Morgan fingerprint density at radius 2 is 2.29 bits per heavy atom. The Balaban J connectivity index is 2.57. The van der Waals surface area contributed by atoms with Crippen LogP contribution in [0.4, 0.5) is 5.69 Å². The first-order valence-electron chi connectivity index (χ1n) is 3.99. The standard InChI is InChI=1S/C9H10BrNO2S/c10-6-1-2-7(11)8(5-6)14-4-3-9(12)13/h1-2,5H,3-4,11H2,(H,12,13). The molecule has 76 valence electrons. The van der Waals surface area contributed by atoms with Crippen LogP contribution in [0.1, 0.15) is 6.42 Å². The van der Waals surface area contributed by atoms with Crippen molar-refractivity contribution in [2.75, 3.05) is 11.5 Å². The van der Waals surface area contributed by atoms with Crippen LogP contribution in [0, 0.1) is 0 Å². The average molecular weight is 276 g/mol. The van der Waals surface area contributed by atoms with Crippen molar-refractivity contribution in [2.45, 2.75) is 11.3 Å². The smallest absolute Gasteiger partial charge is 0.304 e. The molecule has 0 aliphatic rings. The minimum absolute atomic E-state index is 0.149. The summed E-state index contributed by atoms with van der Waals surface area (Å²) in [7, 11) is 0. The molecule has 0 atom stereocenters. The maximum absolute atomic E-state index is 10.3. The maximum Gasteiger partial charge on any atom is 0.304 e. The molecule has 0 aliphatic carbocycles. The second-order valence-electron chi connectivity index (χ2n) is 2.67. The Bertz CT molecular complexity index is 344. The quantitative estimate of drug-likeness (QED) is 0.655. The van der Waals surface area contributed by atoms with Crippen molar-refractivity contribution in [3.05, 3.63) is 22.7 Å². The molecule has 1 rings (SSSR count). The van der Waals surface area contributed by atoms with Crippen molar-refractivity contribution in [3.8, 4) is 0 Å². The van der Waals surface area contributed by atoms with Gasteiger partial charge in [0.25, 0.3) is 0 Å². The normalized spacial score (nSPS) is 10.1. The Morgan fingerprint density at radius 3 is 2.93 bits per heavy atom. The van der Waals surface area contributed by atoms with Crippen molar-refractivity contribution in [1.82, 2.24) is 0 Å². The first-order valence-corrected chi connectivity index (χ1v) is 5.77. The van der Waals surface area contributed by atoms with Crippen LogP contribution in [0.25, 0.3) is 0 Å². The third kappa shape index (κ3) is 3.59. The predicted molar refractivity (Wildman–Crippen MR) is 61.5 cm³/mol. The molecule has 5 heteroatoms. The van der Waals surface area contributed by atoms with Crippen molar-refractivity contribution < 1.29 is 9.90 Å². The van der Waals surface area contributed by atoms with Crippen LogP contribution in [0.2, 0.25) is 0 Å². The second-order valence-corrected chi connectivity index (χ2v) is 4.73. The summed E-state index contributed by atoms with van der Waals surface area (Å²) in [4.78, 5) is 11.2. The third-order valence-electron chi connectivity index (χ3n) is 1.55. The van der Waals surface area contributed by atoms with E-state index in [4.69, 9.17) is 10.8 Å². The lowest BCUT2D eigenvalue weighted by molar-refractivity contribution is -0.136. The lowest BCUT2D eigenvalue weighted by Crippen LogP contribution is -1.96. The Morgan fingerprint density at radius 1 is 1.57 bits per heavy atom. The summed E-state index contributed by atoms with van der Waals surface area (Å²) in [6, 6.07) is 5.55. The Kier molecular flexibility index (Phi) is 4.28. The van der Waals surface area contributed by atoms with Crippen molar-refractivity contribution in [2.24, 2.45) is 0 Å². The van der Waals surface area contributed by atoms with Crippen LogP contribution in [0.3, 0.4) is 0 Å². The number of hydrogen-bond donors (Lipinski definition) is 2. The fraction of sp³-hybridized carbons (Fsp3) is 0.222. The minimum Gasteiger partial charge on any atom is -0.481 e. The van der Waals surface area contributed by atoms with Gasteiger partial charge in [-0.05, 0) is 18.2 Å². The van der Waals surface area contributed by atoms with Gasteiger partial charge in [-0.3, -0.25) is 4.79 Å². The summed E-state index contributed by atoms with van der Waals surface area (Å²) in [5.41, 5.74) is 6.40. The van der Waals surface area contributed by atoms with Gasteiger partial charge in [0.15, 0.2) is 0 Å². The van der Waals surface area contributed by atoms with E-state index in [1.807, 2.05) is 12.1 Å². The number of nitrogen functional groups attached to an aromatic ring is 1. The molecule has 0 saturated carbocycles. The fourth-order valence-electron chi connectivity index (χ4n) is 0.882. The summed E-state index contributed by atoms with van der Waals surface area (Å²) in [5, 5.41) is 8.46. The van der Waals surface area contributed by atoms with Gasteiger partial charge in [0, 0.05) is 20.8 Å². The molecule has 1 aromatic carbocycles. The molecule has 0 unspecified atom stereocenters. The van der Waals surface area contributed by atoms with Crippen LogP contribution >= 0.6 is 27.7 Å². The van der Waals surface area contributed by atoms with Gasteiger partial charge in [-0.2, -0.15) is 0 Å². The molecule has 0 radical (unpaired) electrons. The summed E-state index contributed by atoms with van der Waals surface area (Å²) in [6.07, 6.45) is 0.149. The van der Waals surface area contributed by atoms with Crippen LogP contribution in [-0.2, 0) is 4.79 Å². The largest absolute Gasteiger partial charge is 0.481 e. The van der Waals surface area contributed by atoms with Crippen molar-refractivity contribution in [1.29, 1.82) is 0 Å². The highest BCUT2D eigenvalue weighted by atomic mass is 79.9.